The Morgan fingerprint density at radius 1 is 0.867 bits per heavy atom. The zero-order valence-electron chi connectivity index (χ0n) is 17.5. The van der Waals surface area contributed by atoms with Crippen molar-refractivity contribution in [2.45, 2.75) is 20.8 Å². The summed E-state index contributed by atoms with van der Waals surface area (Å²) in [6.45, 7) is 5.72. The van der Waals surface area contributed by atoms with E-state index in [1.54, 1.807) is 38.1 Å². The van der Waals surface area contributed by atoms with Gasteiger partial charge in [0, 0.05) is 22.0 Å². The van der Waals surface area contributed by atoms with Gasteiger partial charge in [0.05, 0.1) is 6.61 Å². The van der Waals surface area contributed by atoms with Crippen molar-refractivity contribution >= 4 is 29.4 Å². The number of hydrogen-bond acceptors (Lipinski definition) is 4. The molecule has 154 valence electrons. The first kappa shape index (κ1) is 21.6. The molecule has 0 saturated heterocycles. The van der Waals surface area contributed by atoms with Crippen molar-refractivity contribution in [2.24, 2.45) is 0 Å². The maximum absolute atomic E-state index is 14.7. The summed E-state index contributed by atoms with van der Waals surface area (Å²) in [5, 5.41) is 4.59. The van der Waals surface area contributed by atoms with Gasteiger partial charge in [-0.2, -0.15) is 0 Å². The molecule has 1 N–H and O–H groups in total. The molecular formula is C25H26NO3P. The number of nitrogens with one attached hydrogen (secondary N) is 1. The van der Waals surface area contributed by atoms with E-state index in [9.17, 15) is 9.36 Å². The highest BCUT2D eigenvalue weighted by Crippen LogP contribution is 2.53. The van der Waals surface area contributed by atoms with Crippen LogP contribution in [0.2, 0.25) is 0 Å². The fourth-order valence-electron chi connectivity index (χ4n) is 3.31. The van der Waals surface area contributed by atoms with E-state index in [1.165, 1.54) is 0 Å². The summed E-state index contributed by atoms with van der Waals surface area (Å²) in [6, 6.07) is 26.1. The fourth-order valence-corrected chi connectivity index (χ4v) is 6.16. The van der Waals surface area contributed by atoms with E-state index < -0.39 is 13.1 Å². The van der Waals surface area contributed by atoms with Gasteiger partial charge in [-0.25, -0.2) is 4.79 Å². The number of carbonyl (C=O) groups excluding carboxylic acids is 1. The van der Waals surface area contributed by atoms with E-state index in [-0.39, 0.29) is 11.9 Å². The molecule has 0 aliphatic heterocycles. The molecule has 0 aliphatic rings. The molecule has 0 aliphatic carbocycles. The van der Waals surface area contributed by atoms with Gasteiger partial charge >= 0.3 is 5.97 Å². The second kappa shape index (κ2) is 9.60. The lowest BCUT2D eigenvalue weighted by molar-refractivity contribution is -0.137. The number of rotatable bonds is 7. The molecule has 3 aromatic rings. The summed E-state index contributed by atoms with van der Waals surface area (Å²) < 4.78 is 20.1. The summed E-state index contributed by atoms with van der Waals surface area (Å²) in [5.74, 6) is -0.578. The zero-order valence-corrected chi connectivity index (χ0v) is 18.4. The number of allylic oxidation sites excluding steroid dienone is 1. The average molecular weight is 419 g/mol. The highest BCUT2D eigenvalue weighted by atomic mass is 31.2. The lowest BCUT2D eigenvalue weighted by Gasteiger charge is -2.24. The monoisotopic (exact) mass is 419 g/mol. The normalized spacial score (nSPS) is 12.1. The first-order valence-corrected chi connectivity index (χ1v) is 11.6. The van der Waals surface area contributed by atoms with E-state index in [4.69, 9.17) is 4.74 Å². The van der Waals surface area contributed by atoms with Gasteiger partial charge in [-0.05, 0) is 32.9 Å². The Labute approximate surface area is 178 Å². The third kappa shape index (κ3) is 4.55. The second-order valence-electron chi connectivity index (χ2n) is 6.97. The van der Waals surface area contributed by atoms with E-state index in [0.717, 1.165) is 11.3 Å². The van der Waals surface area contributed by atoms with E-state index in [2.05, 4.69) is 5.32 Å². The second-order valence-corrected chi connectivity index (χ2v) is 9.66. The van der Waals surface area contributed by atoms with Gasteiger partial charge in [-0.1, -0.05) is 78.4 Å². The molecule has 0 unspecified atom stereocenters. The van der Waals surface area contributed by atoms with Crippen LogP contribution in [0.15, 0.2) is 95.9 Å². The van der Waals surface area contributed by atoms with Gasteiger partial charge in [-0.3, -0.25) is 0 Å². The molecule has 0 spiro atoms. The quantitative estimate of drug-likeness (QED) is 0.324. The van der Waals surface area contributed by atoms with Crippen LogP contribution in [0.5, 0.6) is 0 Å². The van der Waals surface area contributed by atoms with Crippen LogP contribution >= 0.6 is 7.14 Å². The molecule has 3 aromatic carbocycles. The van der Waals surface area contributed by atoms with Gasteiger partial charge in [0.25, 0.3) is 0 Å². The highest BCUT2D eigenvalue weighted by Gasteiger charge is 2.38. The smallest absolute Gasteiger partial charge is 0.344 e. The van der Waals surface area contributed by atoms with Crippen molar-refractivity contribution < 1.29 is 14.1 Å². The summed E-state index contributed by atoms with van der Waals surface area (Å²) in [4.78, 5) is 13.1. The van der Waals surface area contributed by atoms with Crippen molar-refractivity contribution in [1.29, 1.82) is 0 Å². The molecule has 0 bridgehead atoms. The van der Waals surface area contributed by atoms with E-state index in [0.29, 0.717) is 16.3 Å². The van der Waals surface area contributed by atoms with Gasteiger partial charge in [-0.15, -0.1) is 0 Å². The average Bonchev–Trinajstić information content (AvgIpc) is 2.77. The molecule has 4 nitrogen and oxygen atoms in total. The minimum absolute atomic E-state index is 0.155. The number of ether oxygens (including phenoxy) is 1. The predicted molar refractivity (Wildman–Crippen MR) is 124 cm³/mol. The molecule has 0 amide bonds. The molecule has 0 radical (unpaired) electrons. The van der Waals surface area contributed by atoms with Crippen molar-refractivity contribution in [3.63, 3.8) is 0 Å². The lowest BCUT2D eigenvalue weighted by atomic mass is 10.2. The third-order valence-electron chi connectivity index (χ3n) is 4.76. The van der Waals surface area contributed by atoms with Crippen LogP contribution in [0, 0.1) is 6.92 Å². The van der Waals surface area contributed by atoms with Crippen LogP contribution in [0.3, 0.4) is 0 Å². The van der Waals surface area contributed by atoms with Crippen molar-refractivity contribution in [2.75, 3.05) is 11.9 Å². The van der Waals surface area contributed by atoms with Crippen molar-refractivity contribution in [1.82, 2.24) is 0 Å². The molecule has 0 heterocycles. The Balaban J connectivity index is 2.23. The molecule has 0 saturated carbocycles. The number of esters is 1. The van der Waals surface area contributed by atoms with E-state index in [1.807, 2.05) is 67.6 Å². The first-order valence-electron chi connectivity index (χ1n) is 9.90. The Kier molecular flexibility index (Phi) is 6.91. The molecule has 5 heteroatoms. The Hall–Kier alpha value is -3.10. The molecule has 0 fully saturated rings. The lowest BCUT2D eigenvalue weighted by Crippen LogP contribution is -2.24. The van der Waals surface area contributed by atoms with Crippen LogP contribution in [0.4, 0.5) is 5.69 Å². The minimum Gasteiger partial charge on any atom is -0.462 e. The number of benzene rings is 3. The molecule has 0 atom stereocenters. The summed E-state index contributed by atoms with van der Waals surface area (Å²) in [6.07, 6.45) is 0. The minimum atomic E-state index is -3.48. The highest BCUT2D eigenvalue weighted by molar-refractivity contribution is 7.83. The first-order chi connectivity index (χ1) is 14.5. The maximum atomic E-state index is 14.7. The van der Waals surface area contributed by atoms with Crippen LogP contribution in [0.25, 0.3) is 0 Å². The summed E-state index contributed by atoms with van der Waals surface area (Å²) >= 11 is 0. The van der Waals surface area contributed by atoms with Crippen molar-refractivity contribution in [3.05, 3.63) is 102 Å². The van der Waals surface area contributed by atoms with Crippen LogP contribution in [0.1, 0.15) is 19.4 Å². The Morgan fingerprint density at radius 3 is 1.83 bits per heavy atom. The van der Waals surface area contributed by atoms with Crippen LogP contribution < -0.4 is 15.9 Å². The number of carbonyl (C=O) groups is 1. The third-order valence-corrected chi connectivity index (χ3v) is 7.96. The fraction of sp³-hybridized carbons (Fsp3) is 0.160. The standard InChI is InChI=1S/C25H26NO3P/c1-4-29-25(27)24(20(3)26-21-17-15-19(2)16-18-21)30(28,22-11-7-5-8-12-22)23-13-9-6-10-14-23/h5-18,26H,4H2,1-3H3/b24-20+. The van der Waals surface area contributed by atoms with Crippen LogP contribution in [-0.4, -0.2) is 12.6 Å². The molecule has 3 rings (SSSR count). The number of aryl methyl sites for hydroxylation is 1. The van der Waals surface area contributed by atoms with Gasteiger partial charge < -0.3 is 14.6 Å². The number of hydrogen-bond donors (Lipinski definition) is 1. The summed E-state index contributed by atoms with van der Waals surface area (Å²) in [7, 11) is -3.48. The number of anilines is 1. The SMILES string of the molecule is CCOC(=O)/C(=C(/C)Nc1ccc(C)cc1)P(=O)(c1ccccc1)c1ccccc1. The molecule has 0 aromatic heterocycles. The Bertz CT molecular complexity index is 1030. The summed E-state index contributed by atoms with van der Waals surface area (Å²) in [5.41, 5.74) is 2.45. The maximum Gasteiger partial charge on any atom is 0.344 e. The van der Waals surface area contributed by atoms with Gasteiger partial charge in [0.1, 0.15) is 5.31 Å². The van der Waals surface area contributed by atoms with Crippen molar-refractivity contribution in [3.8, 4) is 0 Å². The zero-order chi connectivity index (χ0) is 21.6. The molecular weight excluding hydrogens is 393 g/mol. The van der Waals surface area contributed by atoms with E-state index >= 15 is 0 Å². The Morgan fingerprint density at radius 2 is 1.37 bits per heavy atom. The van der Waals surface area contributed by atoms with Gasteiger partial charge in [0.15, 0.2) is 7.14 Å². The predicted octanol–water partition coefficient (Wildman–Crippen LogP) is 5.22. The molecule has 30 heavy (non-hydrogen) atoms. The topological polar surface area (TPSA) is 55.4 Å². The van der Waals surface area contributed by atoms with Crippen LogP contribution in [-0.2, 0) is 14.1 Å². The largest absolute Gasteiger partial charge is 0.462 e. The van der Waals surface area contributed by atoms with Gasteiger partial charge in [0.2, 0.25) is 0 Å².